The molecule has 1 rings (SSSR count). The molecule has 0 spiro atoms. The normalized spacial score (nSPS) is 8.67. The number of halogens is 3. The van der Waals surface area contributed by atoms with Crippen LogP contribution in [0, 0.1) is 6.92 Å². The van der Waals surface area contributed by atoms with Crippen LogP contribution >= 0.6 is 71.9 Å². The maximum absolute atomic E-state index is 11.2. The van der Waals surface area contributed by atoms with Crippen molar-refractivity contribution in [3.63, 3.8) is 0 Å². The summed E-state index contributed by atoms with van der Waals surface area (Å²) in [7, 11) is 0. The van der Waals surface area contributed by atoms with E-state index in [1.54, 1.807) is 6.92 Å². The van der Waals surface area contributed by atoms with E-state index in [4.69, 9.17) is 15.3 Å². The van der Waals surface area contributed by atoms with Crippen LogP contribution in [0.2, 0.25) is 0 Å². The van der Waals surface area contributed by atoms with Crippen LogP contribution in [0.3, 0.4) is 0 Å². The predicted octanol–water partition coefficient (Wildman–Crippen LogP) is 3.51. The van der Waals surface area contributed by atoms with Crippen LogP contribution in [0.4, 0.5) is 0 Å². The lowest BCUT2D eigenvalue weighted by Gasteiger charge is -2.13. The molecule has 0 aliphatic heterocycles. The van der Waals surface area contributed by atoms with Crippen LogP contribution in [0.25, 0.3) is 0 Å². The maximum atomic E-state index is 11.2. The molecule has 0 aromatic heterocycles. The summed E-state index contributed by atoms with van der Waals surface area (Å²) in [5.74, 6) is -4.01. The molecule has 1 aromatic rings. The van der Waals surface area contributed by atoms with Crippen molar-refractivity contribution < 1.29 is 29.7 Å². The summed E-state index contributed by atoms with van der Waals surface area (Å²) in [6.45, 7) is 2.98. The fourth-order valence-electron chi connectivity index (χ4n) is 1.91. The Morgan fingerprint density at radius 1 is 0.905 bits per heavy atom. The Labute approximate surface area is 172 Å². The molecule has 0 fully saturated rings. The second-order valence-corrected chi connectivity index (χ2v) is 3.72. The summed E-state index contributed by atoms with van der Waals surface area (Å²) in [4.78, 5) is 33.2. The van der Waals surface area contributed by atoms with Gasteiger partial charge in [-0.25, -0.2) is 14.4 Å². The Morgan fingerprint density at radius 2 is 1.33 bits per heavy atom. The molecule has 0 bridgehead atoms. The highest BCUT2D eigenvalue weighted by molar-refractivity contribution is 14.0. The number of hydrogen-bond donors (Lipinski definition) is 3. The Morgan fingerprint density at radius 3 is 1.62 bits per heavy atom. The molecule has 0 saturated heterocycles. The minimum Gasteiger partial charge on any atom is -0.478 e. The van der Waals surface area contributed by atoms with E-state index in [0.717, 1.165) is 6.07 Å². The van der Waals surface area contributed by atoms with Gasteiger partial charge in [0, 0.05) is 0 Å². The lowest BCUT2D eigenvalue weighted by Crippen LogP contribution is -2.15. The van der Waals surface area contributed by atoms with Crippen LogP contribution in [0.1, 0.15) is 49.1 Å². The van der Waals surface area contributed by atoms with E-state index < -0.39 is 17.9 Å². The van der Waals surface area contributed by atoms with Crippen molar-refractivity contribution in [2.45, 2.75) is 20.3 Å². The minimum absolute atomic E-state index is 0. The molecule has 120 valence electrons. The summed E-state index contributed by atoms with van der Waals surface area (Å²) in [6, 6.07) is 1.01. The summed E-state index contributed by atoms with van der Waals surface area (Å²) in [5, 5.41) is 27.1. The topological polar surface area (TPSA) is 112 Å². The Balaban J connectivity index is -0.00000108. The zero-order valence-electron chi connectivity index (χ0n) is 11.1. The average molecular weight is 636 g/mol. The third kappa shape index (κ3) is 5.50. The Hall–Kier alpha value is -0.180. The molecule has 0 heterocycles. The first-order valence-corrected chi connectivity index (χ1v) is 5.17. The van der Waals surface area contributed by atoms with Gasteiger partial charge in [0.1, 0.15) is 0 Å². The summed E-state index contributed by atoms with van der Waals surface area (Å²) >= 11 is 0. The number of rotatable bonds is 4. The number of hydrogen-bond acceptors (Lipinski definition) is 3. The lowest BCUT2D eigenvalue weighted by molar-refractivity contribution is 0.0694. The van der Waals surface area contributed by atoms with E-state index in [1.807, 2.05) is 0 Å². The van der Waals surface area contributed by atoms with Crippen molar-refractivity contribution in [1.29, 1.82) is 0 Å². The maximum Gasteiger partial charge on any atom is 0.336 e. The molecule has 6 nitrogen and oxygen atoms in total. The summed E-state index contributed by atoms with van der Waals surface area (Å²) < 4.78 is 0. The molecule has 0 radical (unpaired) electrons. The number of carboxylic acids is 3. The number of aromatic carboxylic acids is 3. The molecule has 3 N–H and O–H groups in total. The third-order valence-corrected chi connectivity index (χ3v) is 2.72. The summed E-state index contributed by atoms with van der Waals surface area (Å²) in [6.07, 6.45) is 0.198. The first-order valence-electron chi connectivity index (χ1n) is 5.17. The van der Waals surface area contributed by atoms with Gasteiger partial charge in [-0.15, -0.1) is 71.9 Å². The molecule has 0 atom stereocenters. The molecule has 0 saturated carbocycles. The fourth-order valence-corrected chi connectivity index (χ4v) is 1.91. The first-order chi connectivity index (χ1) is 8.31. The quantitative estimate of drug-likeness (QED) is 0.437. The van der Waals surface area contributed by atoms with E-state index in [9.17, 15) is 14.4 Å². The number of benzene rings is 1. The van der Waals surface area contributed by atoms with Crippen molar-refractivity contribution in [2.24, 2.45) is 0 Å². The van der Waals surface area contributed by atoms with Crippen LogP contribution in [-0.4, -0.2) is 33.2 Å². The zero-order valence-corrected chi connectivity index (χ0v) is 18.1. The van der Waals surface area contributed by atoms with Gasteiger partial charge in [0.05, 0.1) is 16.7 Å². The predicted molar refractivity (Wildman–Crippen MR) is 108 cm³/mol. The molecule has 21 heavy (non-hydrogen) atoms. The fraction of sp³-hybridized carbons (Fsp3) is 0.250. The molecule has 0 unspecified atom stereocenters. The van der Waals surface area contributed by atoms with E-state index in [-0.39, 0.29) is 106 Å². The van der Waals surface area contributed by atoms with Crippen molar-refractivity contribution in [3.05, 3.63) is 33.9 Å². The van der Waals surface area contributed by atoms with Crippen molar-refractivity contribution in [2.75, 3.05) is 0 Å². The smallest absolute Gasteiger partial charge is 0.336 e. The van der Waals surface area contributed by atoms with E-state index in [2.05, 4.69) is 0 Å². The molecule has 9 heteroatoms. The molecular weight excluding hydrogens is 621 g/mol. The standard InChI is InChI=1S/C12H12O6.3HI/c1-3-6-8(11(15)16)4-7(10(13)14)5(2)9(6)12(17)18;;;/h4H,3H2,1-2H3,(H,13,14)(H,15,16)(H,17,18);3*1H. The van der Waals surface area contributed by atoms with Gasteiger partial charge in [-0.2, -0.15) is 0 Å². The van der Waals surface area contributed by atoms with Crippen LogP contribution in [-0.2, 0) is 6.42 Å². The van der Waals surface area contributed by atoms with Gasteiger partial charge in [-0.1, -0.05) is 6.92 Å². The van der Waals surface area contributed by atoms with Gasteiger partial charge < -0.3 is 15.3 Å². The Bertz CT molecular complexity index is 556. The average Bonchev–Trinajstić information content (AvgIpc) is 2.26. The molecule has 0 aliphatic carbocycles. The highest BCUT2D eigenvalue weighted by atomic mass is 127. The van der Waals surface area contributed by atoms with Gasteiger partial charge in [0.25, 0.3) is 0 Å². The second-order valence-electron chi connectivity index (χ2n) is 3.72. The lowest BCUT2D eigenvalue weighted by atomic mass is 9.90. The van der Waals surface area contributed by atoms with Gasteiger partial charge in [-0.05, 0) is 30.5 Å². The van der Waals surface area contributed by atoms with Gasteiger partial charge >= 0.3 is 17.9 Å². The molecule has 0 amide bonds. The van der Waals surface area contributed by atoms with Gasteiger partial charge in [0.2, 0.25) is 0 Å². The highest BCUT2D eigenvalue weighted by Gasteiger charge is 2.24. The molecular formula is C12H15I3O6. The van der Waals surface area contributed by atoms with E-state index in [0.29, 0.717) is 0 Å². The van der Waals surface area contributed by atoms with Gasteiger partial charge in [-0.3, -0.25) is 0 Å². The highest BCUT2D eigenvalue weighted by Crippen LogP contribution is 2.24. The minimum atomic E-state index is -1.35. The second kappa shape index (κ2) is 10.5. The molecule has 0 aliphatic rings. The zero-order chi connectivity index (χ0) is 14.0. The molecule has 1 aromatic carbocycles. The van der Waals surface area contributed by atoms with Crippen LogP contribution < -0.4 is 0 Å². The van der Waals surface area contributed by atoms with E-state index >= 15 is 0 Å². The van der Waals surface area contributed by atoms with Crippen molar-refractivity contribution >= 4 is 89.8 Å². The van der Waals surface area contributed by atoms with Crippen LogP contribution in [0.5, 0.6) is 0 Å². The van der Waals surface area contributed by atoms with Crippen molar-refractivity contribution in [3.8, 4) is 0 Å². The summed E-state index contributed by atoms with van der Waals surface area (Å²) in [5.41, 5.74) is -0.621. The SMILES string of the molecule is CCc1c(C(=O)O)cc(C(=O)O)c(C)c1C(=O)O.I.I.I. The number of carbonyl (C=O) groups is 3. The Kier molecular flexibility index (Phi) is 12.9. The van der Waals surface area contributed by atoms with Crippen LogP contribution in [0.15, 0.2) is 6.07 Å². The number of carboxylic acid groups (broad SMARTS) is 3. The van der Waals surface area contributed by atoms with Crippen molar-refractivity contribution in [1.82, 2.24) is 0 Å². The third-order valence-electron chi connectivity index (χ3n) is 2.72. The first kappa shape index (κ1) is 25.8. The van der Waals surface area contributed by atoms with E-state index in [1.165, 1.54) is 6.92 Å². The van der Waals surface area contributed by atoms with Gasteiger partial charge in [0.15, 0.2) is 0 Å². The largest absolute Gasteiger partial charge is 0.478 e. The monoisotopic (exact) mass is 636 g/mol.